The van der Waals surface area contributed by atoms with Crippen LogP contribution in [0.15, 0.2) is 23.8 Å². The molecule has 0 aromatic heterocycles. The van der Waals surface area contributed by atoms with Crippen molar-refractivity contribution in [1.29, 1.82) is 0 Å². The lowest BCUT2D eigenvalue weighted by Crippen LogP contribution is -2.14. The first-order chi connectivity index (χ1) is 6.25. The summed E-state index contributed by atoms with van der Waals surface area (Å²) in [5, 5.41) is 2.93. The quantitative estimate of drug-likeness (QED) is 0.636. The van der Waals surface area contributed by atoms with E-state index in [0.717, 1.165) is 13.0 Å². The van der Waals surface area contributed by atoms with Crippen molar-refractivity contribution in [3.8, 4) is 0 Å². The van der Waals surface area contributed by atoms with E-state index in [2.05, 4.69) is 23.5 Å². The highest BCUT2D eigenvalue weighted by atomic mass is 35.5. The van der Waals surface area contributed by atoms with Crippen molar-refractivity contribution >= 4 is 17.5 Å². The molecule has 0 bridgehead atoms. The van der Waals surface area contributed by atoms with Crippen LogP contribution in [0.2, 0.25) is 0 Å². The summed E-state index contributed by atoms with van der Waals surface area (Å²) in [5.74, 6) is 0.487. The van der Waals surface area contributed by atoms with Gasteiger partial charge in [-0.2, -0.15) is 0 Å². The molecule has 70 valence electrons. The van der Waals surface area contributed by atoms with Crippen molar-refractivity contribution in [1.82, 2.24) is 5.32 Å². The Morgan fingerprint density at radius 3 is 3.00 bits per heavy atom. The first-order valence-corrected chi connectivity index (χ1v) is 4.98. The minimum Gasteiger partial charge on any atom is -0.355 e. The Balaban J connectivity index is 2.08. The Morgan fingerprint density at radius 2 is 2.38 bits per heavy atom. The van der Waals surface area contributed by atoms with E-state index in [1.54, 1.807) is 0 Å². The van der Waals surface area contributed by atoms with Crippen LogP contribution < -0.4 is 5.32 Å². The molecule has 0 aromatic carbocycles. The minimum atomic E-state index is 0.107. The molecule has 1 fully saturated rings. The maximum atomic E-state index is 11.0. The number of hydrogen-bond donors (Lipinski definition) is 1. The molecular weight excluding hydrogens is 186 g/mol. The Kier molecular flexibility index (Phi) is 2.40. The van der Waals surface area contributed by atoms with E-state index in [1.165, 1.54) is 5.57 Å². The van der Waals surface area contributed by atoms with Gasteiger partial charge in [0.2, 0.25) is 5.91 Å². The molecule has 2 aliphatic rings. The van der Waals surface area contributed by atoms with Crippen LogP contribution in [0, 0.1) is 5.92 Å². The van der Waals surface area contributed by atoms with Crippen molar-refractivity contribution in [2.75, 3.05) is 6.54 Å². The van der Waals surface area contributed by atoms with Crippen molar-refractivity contribution < 1.29 is 4.79 Å². The van der Waals surface area contributed by atoms with Crippen LogP contribution in [0.3, 0.4) is 0 Å². The molecule has 0 spiro atoms. The van der Waals surface area contributed by atoms with Gasteiger partial charge < -0.3 is 5.32 Å². The zero-order valence-corrected chi connectivity index (χ0v) is 8.05. The van der Waals surface area contributed by atoms with E-state index in [9.17, 15) is 4.79 Å². The normalized spacial score (nSPS) is 33.0. The fourth-order valence-electron chi connectivity index (χ4n) is 1.78. The number of carbonyl (C=O) groups is 1. The third-order valence-electron chi connectivity index (χ3n) is 2.49. The fraction of sp³-hybridized carbons (Fsp3) is 0.500. The lowest BCUT2D eigenvalue weighted by atomic mass is 9.93. The SMILES string of the molecule is O=C1CC(C2=CC(Cl)CC=C2)CN1. The molecule has 1 aliphatic heterocycles. The minimum absolute atomic E-state index is 0.107. The molecule has 2 rings (SSSR count). The molecule has 1 N–H and O–H groups in total. The maximum absolute atomic E-state index is 11.0. The molecule has 2 nitrogen and oxygen atoms in total. The van der Waals surface area contributed by atoms with Gasteiger partial charge >= 0.3 is 0 Å². The summed E-state index contributed by atoms with van der Waals surface area (Å²) in [6, 6.07) is 0. The summed E-state index contributed by atoms with van der Waals surface area (Å²) in [5.41, 5.74) is 1.21. The number of hydrogen-bond acceptors (Lipinski definition) is 1. The van der Waals surface area contributed by atoms with E-state index >= 15 is 0 Å². The van der Waals surface area contributed by atoms with Gasteiger partial charge in [0.25, 0.3) is 0 Å². The summed E-state index contributed by atoms with van der Waals surface area (Å²) >= 11 is 5.99. The van der Waals surface area contributed by atoms with Gasteiger partial charge in [-0.05, 0) is 12.0 Å². The van der Waals surface area contributed by atoms with Gasteiger partial charge in [0.15, 0.2) is 0 Å². The average molecular weight is 198 g/mol. The Hall–Kier alpha value is -0.760. The summed E-state index contributed by atoms with van der Waals surface area (Å²) < 4.78 is 0. The van der Waals surface area contributed by atoms with Crippen LogP contribution in [0.4, 0.5) is 0 Å². The number of allylic oxidation sites excluding steroid dienone is 3. The van der Waals surface area contributed by atoms with Crippen molar-refractivity contribution in [3.05, 3.63) is 23.8 Å². The Bertz CT molecular complexity index is 283. The molecule has 0 aromatic rings. The van der Waals surface area contributed by atoms with Crippen LogP contribution in [0.1, 0.15) is 12.8 Å². The largest absolute Gasteiger partial charge is 0.355 e. The van der Waals surface area contributed by atoms with E-state index in [1.807, 2.05) is 0 Å². The number of nitrogens with one attached hydrogen (secondary N) is 1. The standard InChI is InChI=1S/C10H12ClNO/c11-9-3-1-2-7(4-9)8-5-10(13)12-6-8/h1-2,4,8-9H,3,5-6H2,(H,12,13). The van der Waals surface area contributed by atoms with Crippen molar-refractivity contribution in [3.63, 3.8) is 0 Å². The molecule has 2 unspecified atom stereocenters. The lowest BCUT2D eigenvalue weighted by Gasteiger charge is -2.14. The highest BCUT2D eigenvalue weighted by Gasteiger charge is 2.24. The molecule has 0 saturated carbocycles. The van der Waals surface area contributed by atoms with Gasteiger partial charge in [0.1, 0.15) is 0 Å². The highest BCUT2D eigenvalue weighted by molar-refractivity contribution is 6.22. The number of carbonyl (C=O) groups excluding carboxylic acids is 1. The molecule has 1 heterocycles. The van der Waals surface area contributed by atoms with Gasteiger partial charge in [-0.1, -0.05) is 18.2 Å². The Morgan fingerprint density at radius 1 is 1.54 bits per heavy atom. The van der Waals surface area contributed by atoms with E-state index < -0.39 is 0 Å². The second-order valence-corrected chi connectivity index (χ2v) is 4.09. The fourth-order valence-corrected chi connectivity index (χ4v) is 2.03. The topological polar surface area (TPSA) is 29.1 Å². The van der Waals surface area contributed by atoms with E-state index in [0.29, 0.717) is 12.3 Å². The molecule has 2 atom stereocenters. The second-order valence-electron chi connectivity index (χ2n) is 3.53. The number of halogens is 1. The number of alkyl halides is 1. The van der Waals surface area contributed by atoms with Gasteiger partial charge in [-0.15, -0.1) is 11.6 Å². The third kappa shape index (κ3) is 1.94. The van der Waals surface area contributed by atoms with Gasteiger partial charge in [-0.25, -0.2) is 0 Å². The summed E-state index contributed by atoms with van der Waals surface area (Å²) in [7, 11) is 0. The van der Waals surface area contributed by atoms with Gasteiger partial charge in [-0.3, -0.25) is 4.79 Å². The first kappa shape index (κ1) is 8.82. The molecule has 1 amide bonds. The second kappa shape index (κ2) is 3.54. The van der Waals surface area contributed by atoms with Crippen LogP contribution >= 0.6 is 11.6 Å². The van der Waals surface area contributed by atoms with E-state index in [-0.39, 0.29) is 11.3 Å². The lowest BCUT2D eigenvalue weighted by molar-refractivity contribution is -0.119. The van der Waals surface area contributed by atoms with Gasteiger partial charge in [0, 0.05) is 18.9 Å². The third-order valence-corrected chi connectivity index (χ3v) is 2.80. The van der Waals surface area contributed by atoms with Crippen LogP contribution in [0.5, 0.6) is 0 Å². The molecule has 1 saturated heterocycles. The molecule has 0 radical (unpaired) electrons. The van der Waals surface area contributed by atoms with E-state index in [4.69, 9.17) is 11.6 Å². The Labute approximate surface area is 82.6 Å². The van der Waals surface area contributed by atoms with Crippen LogP contribution in [0.25, 0.3) is 0 Å². The summed E-state index contributed by atoms with van der Waals surface area (Å²) in [6.07, 6.45) is 7.74. The molecule has 1 aliphatic carbocycles. The number of amides is 1. The maximum Gasteiger partial charge on any atom is 0.220 e. The predicted molar refractivity (Wildman–Crippen MR) is 52.6 cm³/mol. The molecule has 3 heteroatoms. The van der Waals surface area contributed by atoms with Gasteiger partial charge in [0.05, 0.1) is 5.38 Å². The monoisotopic (exact) mass is 197 g/mol. The number of rotatable bonds is 1. The van der Waals surface area contributed by atoms with Crippen LogP contribution in [-0.4, -0.2) is 17.8 Å². The molecular formula is C10H12ClNO. The summed E-state index contributed by atoms with van der Waals surface area (Å²) in [6.45, 7) is 0.763. The first-order valence-electron chi connectivity index (χ1n) is 4.55. The molecule has 13 heavy (non-hydrogen) atoms. The highest BCUT2D eigenvalue weighted by Crippen LogP contribution is 2.25. The van der Waals surface area contributed by atoms with Crippen LogP contribution in [-0.2, 0) is 4.79 Å². The smallest absolute Gasteiger partial charge is 0.220 e. The zero-order chi connectivity index (χ0) is 9.26. The van der Waals surface area contributed by atoms with Crippen molar-refractivity contribution in [2.45, 2.75) is 18.2 Å². The zero-order valence-electron chi connectivity index (χ0n) is 7.29. The predicted octanol–water partition coefficient (Wildman–Crippen LogP) is 1.62. The average Bonchev–Trinajstić information content (AvgIpc) is 2.52. The van der Waals surface area contributed by atoms with Crippen molar-refractivity contribution in [2.24, 2.45) is 5.92 Å². The summed E-state index contributed by atoms with van der Waals surface area (Å²) in [4.78, 5) is 11.0.